The highest BCUT2D eigenvalue weighted by Gasteiger charge is 2.42. The summed E-state index contributed by atoms with van der Waals surface area (Å²) in [6.07, 6.45) is 2.98. The zero-order valence-electron chi connectivity index (χ0n) is 9.58. The molecule has 6 nitrogen and oxygen atoms in total. The number of carbonyl (C=O) groups is 1. The molecule has 2 aliphatic heterocycles. The van der Waals surface area contributed by atoms with Crippen LogP contribution in [0.2, 0.25) is 0 Å². The van der Waals surface area contributed by atoms with E-state index in [-0.39, 0.29) is 18.7 Å². The van der Waals surface area contributed by atoms with Crippen LogP contribution in [0.1, 0.15) is 6.42 Å². The lowest BCUT2D eigenvalue weighted by Crippen LogP contribution is -2.36. The predicted molar refractivity (Wildman–Crippen MR) is 61.6 cm³/mol. The van der Waals surface area contributed by atoms with Crippen LogP contribution in [0.4, 0.5) is 4.79 Å². The molecule has 0 spiro atoms. The average molecular weight is 239 g/mol. The molecule has 2 amide bonds. The Labute approximate surface area is 99.9 Å². The van der Waals surface area contributed by atoms with Gasteiger partial charge in [-0.15, -0.1) is 6.58 Å². The summed E-state index contributed by atoms with van der Waals surface area (Å²) >= 11 is 0. The second kappa shape index (κ2) is 4.87. The van der Waals surface area contributed by atoms with Gasteiger partial charge in [-0.1, -0.05) is 12.2 Å². The number of aliphatic hydroxyl groups excluding tert-OH is 1. The number of urea groups is 1. The first-order chi connectivity index (χ1) is 8.13. The van der Waals surface area contributed by atoms with Crippen LogP contribution in [0, 0.1) is 0 Å². The van der Waals surface area contributed by atoms with E-state index < -0.39 is 6.23 Å². The van der Waals surface area contributed by atoms with Gasteiger partial charge in [0.15, 0.2) is 0 Å². The third kappa shape index (κ3) is 2.33. The number of hydroxylamine groups is 2. The fraction of sp³-hybridized carbons (Fsp3) is 0.545. The standard InChI is InChI=1S/C11H17N3O3/c1-2-5-17-14-9-7-13(11(14)16)4-3-8(9)6-10(12)15/h2-3,9-10,15H,1,4-7,12H2. The van der Waals surface area contributed by atoms with E-state index in [0.29, 0.717) is 19.5 Å². The first kappa shape index (κ1) is 12.1. The van der Waals surface area contributed by atoms with E-state index in [1.807, 2.05) is 6.08 Å². The predicted octanol–water partition coefficient (Wildman–Crippen LogP) is -0.183. The molecule has 0 aromatic heterocycles. The monoisotopic (exact) mass is 239 g/mol. The molecule has 94 valence electrons. The maximum absolute atomic E-state index is 11.9. The third-order valence-corrected chi connectivity index (χ3v) is 2.91. The normalized spacial score (nSPS) is 24.9. The Morgan fingerprint density at radius 1 is 1.76 bits per heavy atom. The zero-order valence-corrected chi connectivity index (χ0v) is 9.58. The Bertz CT molecular complexity index is 354. The van der Waals surface area contributed by atoms with Gasteiger partial charge in [0, 0.05) is 19.5 Å². The van der Waals surface area contributed by atoms with Crippen molar-refractivity contribution in [3.63, 3.8) is 0 Å². The lowest BCUT2D eigenvalue weighted by atomic mass is 10.0. The van der Waals surface area contributed by atoms with Gasteiger partial charge in [0.05, 0.1) is 6.61 Å². The van der Waals surface area contributed by atoms with Crippen LogP contribution in [0.3, 0.4) is 0 Å². The van der Waals surface area contributed by atoms with Crippen molar-refractivity contribution in [3.8, 4) is 0 Å². The molecule has 2 unspecified atom stereocenters. The molecule has 17 heavy (non-hydrogen) atoms. The fourth-order valence-corrected chi connectivity index (χ4v) is 2.16. The molecular weight excluding hydrogens is 222 g/mol. The maximum atomic E-state index is 11.9. The molecule has 1 saturated heterocycles. The van der Waals surface area contributed by atoms with Gasteiger partial charge >= 0.3 is 6.03 Å². The van der Waals surface area contributed by atoms with Gasteiger partial charge in [0.1, 0.15) is 12.3 Å². The van der Waals surface area contributed by atoms with Gasteiger partial charge in [-0.25, -0.2) is 4.79 Å². The first-order valence-electron chi connectivity index (χ1n) is 5.58. The number of hydrogen-bond donors (Lipinski definition) is 2. The molecule has 6 heteroatoms. The summed E-state index contributed by atoms with van der Waals surface area (Å²) in [5.74, 6) is 0. The minimum absolute atomic E-state index is 0.144. The van der Waals surface area contributed by atoms with Gasteiger partial charge in [-0.3, -0.25) is 4.84 Å². The van der Waals surface area contributed by atoms with Crippen LogP contribution in [0.15, 0.2) is 24.3 Å². The number of fused-ring (bicyclic) bond motifs is 2. The Morgan fingerprint density at radius 3 is 3.18 bits per heavy atom. The number of nitrogens with two attached hydrogens (primary N) is 1. The summed E-state index contributed by atoms with van der Waals surface area (Å²) in [6.45, 7) is 4.97. The lowest BCUT2D eigenvalue weighted by Gasteiger charge is -2.25. The minimum Gasteiger partial charge on any atom is -0.379 e. The summed E-state index contributed by atoms with van der Waals surface area (Å²) in [6, 6.07) is -0.288. The van der Waals surface area contributed by atoms with E-state index in [2.05, 4.69) is 6.58 Å². The van der Waals surface area contributed by atoms with Crippen LogP contribution in [0.5, 0.6) is 0 Å². The van der Waals surface area contributed by atoms with E-state index in [1.165, 1.54) is 5.06 Å². The summed E-state index contributed by atoms with van der Waals surface area (Å²) in [4.78, 5) is 18.9. The number of rotatable bonds is 5. The van der Waals surface area contributed by atoms with E-state index in [0.717, 1.165) is 5.57 Å². The van der Waals surface area contributed by atoms with E-state index in [1.54, 1.807) is 11.0 Å². The highest BCUT2D eigenvalue weighted by Crippen LogP contribution is 2.28. The molecular formula is C11H17N3O3. The lowest BCUT2D eigenvalue weighted by molar-refractivity contribution is -0.110. The number of hydrogen-bond acceptors (Lipinski definition) is 4. The van der Waals surface area contributed by atoms with Crippen LogP contribution in [-0.4, -0.2) is 53.1 Å². The quantitative estimate of drug-likeness (QED) is 0.515. The second-order valence-electron chi connectivity index (χ2n) is 4.16. The molecule has 0 radical (unpaired) electrons. The van der Waals surface area contributed by atoms with Crippen molar-refractivity contribution < 1.29 is 14.7 Å². The molecule has 2 rings (SSSR count). The average Bonchev–Trinajstić information content (AvgIpc) is 2.54. The van der Waals surface area contributed by atoms with Crippen molar-refractivity contribution in [2.75, 3.05) is 19.7 Å². The molecule has 2 bridgehead atoms. The van der Waals surface area contributed by atoms with Crippen LogP contribution in [-0.2, 0) is 4.84 Å². The van der Waals surface area contributed by atoms with Gasteiger partial charge in [0.2, 0.25) is 0 Å². The van der Waals surface area contributed by atoms with Crippen molar-refractivity contribution >= 4 is 6.03 Å². The summed E-state index contributed by atoms with van der Waals surface area (Å²) < 4.78 is 0. The zero-order chi connectivity index (χ0) is 12.4. The molecule has 1 fully saturated rings. The summed E-state index contributed by atoms with van der Waals surface area (Å²) in [5, 5.41) is 10.6. The summed E-state index contributed by atoms with van der Waals surface area (Å²) in [5.41, 5.74) is 6.32. The molecule has 0 aliphatic carbocycles. The smallest absolute Gasteiger partial charge is 0.344 e. The van der Waals surface area contributed by atoms with Crippen LogP contribution in [0.25, 0.3) is 0 Å². The fourth-order valence-electron chi connectivity index (χ4n) is 2.16. The van der Waals surface area contributed by atoms with Crippen molar-refractivity contribution in [2.45, 2.75) is 18.7 Å². The molecule has 2 atom stereocenters. The molecule has 0 aromatic carbocycles. The third-order valence-electron chi connectivity index (χ3n) is 2.91. The van der Waals surface area contributed by atoms with E-state index >= 15 is 0 Å². The highest BCUT2D eigenvalue weighted by atomic mass is 16.7. The van der Waals surface area contributed by atoms with Crippen molar-refractivity contribution in [3.05, 3.63) is 24.3 Å². The number of carbonyl (C=O) groups excluding carboxylic acids is 1. The molecule has 0 saturated carbocycles. The number of nitrogens with zero attached hydrogens (tertiary/aromatic N) is 2. The SMILES string of the molecule is C=CCON1C(=O)N2CC=C(CC(N)O)C1C2. The second-order valence-corrected chi connectivity index (χ2v) is 4.16. The summed E-state index contributed by atoms with van der Waals surface area (Å²) in [7, 11) is 0. The Hall–Kier alpha value is -1.37. The van der Waals surface area contributed by atoms with Crippen molar-refractivity contribution in [2.24, 2.45) is 5.73 Å². The first-order valence-corrected chi connectivity index (χ1v) is 5.58. The molecule has 0 aromatic rings. The molecule has 2 aliphatic rings. The van der Waals surface area contributed by atoms with Gasteiger partial charge in [-0.05, 0) is 5.57 Å². The molecule has 2 heterocycles. The maximum Gasteiger partial charge on any atom is 0.344 e. The van der Waals surface area contributed by atoms with E-state index in [4.69, 9.17) is 10.6 Å². The largest absolute Gasteiger partial charge is 0.379 e. The number of aliphatic hydroxyl groups is 1. The van der Waals surface area contributed by atoms with Crippen LogP contribution < -0.4 is 5.73 Å². The molecule has 3 N–H and O–H groups in total. The van der Waals surface area contributed by atoms with Gasteiger partial charge in [-0.2, -0.15) is 5.06 Å². The van der Waals surface area contributed by atoms with Crippen molar-refractivity contribution in [1.82, 2.24) is 9.96 Å². The van der Waals surface area contributed by atoms with Crippen LogP contribution >= 0.6 is 0 Å². The Balaban J connectivity index is 2.10. The topological polar surface area (TPSA) is 79.0 Å². The highest BCUT2D eigenvalue weighted by molar-refractivity contribution is 5.77. The van der Waals surface area contributed by atoms with Crippen molar-refractivity contribution in [1.29, 1.82) is 0 Å². The Kier molecular flexibility index (Phi) is 3.46. The van der Waals surface area contributed by atoms with Gasteiger partial charge < -0.3 is 15.7 Å². The van der Waals surface area contributed by atoms with Gasteiger partial charge in [0.25, 0.3) is 0 Å². The number of amides is 2. The van der Waals surface area contributed by atoms with E-state index in [9.17, 15) is 9.90 Å². The minimum atomic E-state index is -0.898. The Morgan fingerprint density at radius 2 is 2.53 bits per heavy atom.